The van der Waals surface area contributed by atoms with Gasteiger partial charge in [-0.25, -0.2) is 4.98 Å². The zero-order chi connectivity index (χ0) is 11.3. The van der Waals surface area contributed by atoms with Gasteiger partial charge in [-0.05, 0) is 6.42 Å². The fraction of sp³-hybridized carbons (Fsp3) is 0.667. The van der Waals surface area contributed by atoms with Gasteiger partial charge in [-0.15, -0.1) is 0 Å². The van der Waals surface area contributed by atoms with Gasteiger partial charge in [-0.1, -0.05) is 6.92 Å². The zero-order valence-electron chi connectivity index (χ0n) is 9.10. The van der Waals surface area contributed by atoms with E-state index in [1.165, 1.54) is 0 Å². The number of amides is 1. The van der Waals surface area contributed by atoms with Crippen molar-refractivity contribution in [2.45, 2.75) is 19.9 Å². The number of carbonyl (C=O) groups is 1. The highest BCUT2D eigenvalue weighted by Gasteiger charge is 2.14. The summed E-state index contributed by atoms with van der Waals surface area (Å²) in [6, 6.07) is 0. The second-order valence-electron chi connectivity index (χ2n) is 3.39. The molecule has 0 fully saturated rings. The van der Waals surface area contributed by atoms with Gasteiger partial charge in [0.25, 0.3) is 0 Å². The van der Waals surface area contributed by atoms with Gasteiger partial charge in [0.05, 0.1) is 6.54 Å². The molecule has 1 unspecified atom stereocenters. The number of rotatable bonds is 5. The quantitative estimate of drug-likeness (QED) is 0.682. The van der Waals surface area contributed by atoms with Crippen LogP contribution in [0.5, 0.6) is 0 Å². The monoisotopic (exact) mass is 211 g/mol. The number of aromatic nitrogens is 3. The topological polar surface area (TPSA) is 85.8 Å². The van der Waals surface area contributed by atoms with Gasteiger partial charge in [0, 0.05) is 19.5 Å². The number of nitrogens with one attached hydrogen (secondary N) is 1. The summed E-state index contributed by atoms with van der Waals surface area (Å²) in [5.41, 5.74) is 5.46. The summed E-state index contributed by atoms with van der Waals surface area (Å²) in [4.78, 5) is 15.5. The van der Waals surface area contributed by atoms with Crippen LogP contribution in [-0.2, 0) is 18.4 Å². The molecule has 0 bridgehead atoms. The Morgan fingerprint density at radius 3 is 2.93 bits per heavy atom. The van der Waals surface area contributed by atoms with Crippen LogP contribution in [0.3, 0.4) is 0 Å². The average Bonchev–Trinajstić information content (AvgIpc) is 2.63. The minimum atomic E-state index is -0.117. The molecule has 1 aromatic heterocycles. The third-order valence-corrected chi connectivity index (χ3v) is 2.22. The first-order valence-corrected chi connectivity index (χ1v) is 4.99. The van der Waals surface area contributed by atoms with Crippen molar-refractivity contribution < 1.29 is 4.79 Å². The zero-order valence-corrected chi connectivity index (χ0v) is 9.10. The van der Waals surface area contributed by atoms with Crippen molar-refractivity contribution in [3.8, 4) is 0 Å². The fourth-order valence-electron chi connectivity index (χ4n) is 1.23. The predicted molar refractivity (Wildman–Crippen MR) is 55.7 cm³/mol. The van der Waals surface area contributed by atoms with E-state index >= 15 is 0 Å². The van der Waals surface area contributed by atoms with Gasteiger partial charge >= 0.3 is 0 Å². The minimum Gasteiger partial charge on any atom is -0.348 e. The van der Waals surface area contributed by atoms with E-state index in [1.807, 2.05) is 6.92 Å². The second kappa shape index (κ2) is 5.45. The maximum Gasteiger partial charge on any atom is 0.224 e. The summed E-state index contributed by atoms with van der Waals surface area (Å²) < 4.78 is 1.60. The number of nitrogens with zero attached hydrogens (tertiary/aromatic N) is 3. The van der Waals surface area contributed by atoms with Crippen LogP contribution in [0.4, 0.5) is 0 Å². The molecule has 3 N–H and O–H groups in total. The van der Waals surface area contributed by atoms with Crippen molar-refractivity contribution in [1.29, 1.82) is 0 Å². The van der Waals surface area contributed by atoms with Crippen LogP contribution in [0.25, 0.3) is 0 Å². The third-order valence-electron chi connectivity index (χ3n) is 2.22. The van der Waals surface area contributed by atoms with Crippen LogP contribution in [0.2, 0.25) is 0 Å². The standard InChI is InChI=1S/C9H17N5O/c1-3-7(4-10)9(15)11-5-8-12-6-14(2)13-8/h6-7H,3-5,10H2,1-2H3,(H,11,15). The molecule has 0 aliphatic heterocycles. The first-order valence-electron chi connectivity index (χ1n) is 4.99. The summed E-state index contributed by atoms with van der Waals surface area (Å²) in [5, 5.41) is 6.81. The first-order chi connectivity index (χ1) is 7.17. The van der Waals surface area contributed by atoms with Crippen molar-refractivity contribution >= 4 is 5.91 Å². The average molecular weight is 211 g/mol. The van der Waals surface area contributed by atoms with Crippen molar-refractivity contribution in [3.05, 3.63) is 12.2 Å². The maximum atomic E-state index is 11.5. The van der Waals surface area contributed by atoms with Gasteiger partial charge in [-0.3, -0.25) is 9.48 Å². The lowest BCUT2D eigenvalue weighted by Gasteiger charge is -2.11. The molecule has 0 aromatic carbocycles. The molecule has 6 nitrogen and oxygen atoms in total. The van der Waals surface area contributed by atoms with Crippen LogP contribution in [0.1, 0.15) is 19.2 Å². The third kappa shape index (κ3) is 3.32. The molecule has 0 spiro atoms. The Morgan fingerprint density at radius 2 is 2.47 bits per heavy atom. The molecule has 15 heavy (non-hydrogen) atoms. The van der Waals surface area contributed by atoms with E-state index in [0.29, 0.717) is 18.9 Å². The van der Waals surface area contributed by atoms with Gasteiger partial charge < -0.3 is 11.1 Å². The van der Waals surface area contributed by atoms with E-state index in [9.17, 15) is 4.79 Å². The molecule has 0 aliphatic rings. The van der Waals surface area contributed by atoms with E-state index in [4.69, 9.17) is 5.73 Å². The van der Waals surface area contributed by atoms with Crippen LogP contribution >= 0.6 is 0 Å². The summed E-state index contributed by atoms with van der Waals surface area (Å²) >= 11 is 0. The van der Waals surface area contributed by atoms with E-state index < -0.39 is 0 Å². The Hall–Kier alpha value is -1.43. The lowest BCUT2D eigenvalue weighted by atomic mass is 10.1. The summed E-state index contributed by atoms with van der Waals surface area (Å²) in [6.45, 7) is 2.67. The van der Waals surface area contributed by atoms with Crippen molar-refractivity contribution in [3.63, 3.8) is 0 Å². The molecule has 1 heterocycles. The highest BCUT2D eigenvalue weighted by atomic mass is 16.1. The number of aryl methyl sites for hydroxylation is 1. The molecule has 0 saturated carbocycles. The minimum absolute atomic E-state index is 0.0348. The molecule has 1 rings (SSSR count). The number of nitrogens with two attached hydrogens (primary N) is 1. The molecule has 0 aliphatic carbocycles. The number of carbonyl (C=O) groups excluding carboxylic acids is 1. The van der Waals surface area contributed by atoms with E-state index in [-0.39, 0.29) is 11.8 Å². The molecule has 0 radical (unpaired) electrons. The Balaban J connectivity index is 2.40. The van der Waals surface area contributed by atoms with Crippen molar-refractivity contribution in [2.24, 2.45) is 18.7 Å². The molecule has 84 valence electrons. The van der Waals surface area contributed by atoms with E-state index in [2.05, 4.69) is 15.4 Å². The Kier molecular flexibility index (Phi) is 4.23. The highest BCUT2D eigenvalue weighted by Crippen LogP contribution is 1.99. The Labute approximate surface area is 88.9 Å². The van der Waals surface area contributed by atoms with Gasteiger partial charge in [0.15, 0.2) is 5.82 Å². The fourth-order valence-corrected chi connectivity index (χ4v) is 1.23. The SMILES string of the molecule is CCC(CN)C(=O)NCc1ncn(C)n1. The lowest BCUT2D eigenvalue weighted by Crippen LogP contribution is -2.34. The summed E-state index contributed by atoms with van der Waals surface area (Å²) in [7, 11) is 1.78. The van der Waals surface area contributed by atoms with Crippen LogP contribution in [-0.4, -0.2) is 27.2 Å². The molecule has 1 amide bonds. The molecule has 6 heteroatoms. The largest absolute Gasteiger partial charge is 0.348 e. The van der Waals surface area contributed by atoms with E-state index in [1.54, 1.807) is 18.1 Å². The Morgan fingerprint density at radius 1 is 1.73 bits per heavy atom. The highest BCUT2D eigenvalue weighted by molar-refractivity contribution is 5.78. The predicted octanol–water partition coefficient (Wildman–Crippen LogP) is -0.584. The molecular formula is C9H17N5O. The van der Waals surface area contributed by atoms with Gasteiger partial charge in [0.2, 0.25) is 5.91 Å². The smallest absolute Gasteiger partial charge is 0.224 e. The summed E-state index contributed by atoms with van der Waals surface area (Å²) in [5.74, 6) is 0.457. The lowest BCUT2D eigenvalue weighted by molar-refractivity contribution is -0.125. The first kappa shape index (κ1) is 11.6. The molecular weight excluding hydrogens is 194 g/mol. The molecule has 1 aromatic rings. The van der Waals surface area contributed by atoms with Crippen LogP contribution < -0.4 is 11.1 Å². The van der Waals surface area contributed by atoms with Crippen molar-refractivity contribution in [1.82, 2.24) is 20.1 Å². The molecule has 1 atom stereocenters. The summed E-state index contributed by atoms with van der Waals surface area (Å²) in [6.07, 6.45) is 2.35. The van der Waals surface area contributed by atoms with Gasteiger partial charge in [-0.2, -0.15) is 5.10 Å². The van der Waals surface area contributed by atoms with E-state index in [0.717, 1.165) is 6.42 Å². The van der Waals surface area contributed by atoms with Crippen LogP contribution in [0, 0.1) is 5.92 Å². The van der Waals surface area contributed by atoms with Crippen LogP contribution in [0.15, 0.2) is 6.33 Å². The number of hydrogen-bond donors (Lipinski definition) is 2. The van der Waals surface area contributed by atoms with Gasteiger partial charge in [0.1, 0.15) is 6.33 Å². The Bertz CT molecular complexity index is 318. The molecule has 0 saturated heterocycles. The second-order valence-corrected chi connectivity index (χ2v) is 3.39. The maximum absolute atomic E-state index is 11.5. The normalized spacial score (nSPS) is 12.5. The number of hydrogen-bond acceptors (Lipinski definition) is 4. The van der Waals surface area contributed by atoms with Crippen molar-refractivity contribution in [2.75, 3.05) is 6.54 Å².